The van der Waals surface area contributed by atoms with Crippen LogP contribution in [0.15, 0.2) is 124 Å². The molecule has 0 unspecified atom stereocenters. The van der Waals surface area contributed by atoms with Crippen molar-refractivity contribution in [3.63, 3.8) is 0 Å². The Bertz CT molecular complexity index is 2730. The molecule has 3 heterocycles. The van der Waals surface area contributed by atoms with Gasteiger partial charge in [-0.1, -0.05) is 78.7 Å². The van der Waals surface area contributed by atoms with E-state index in [9.17, 15) is 0 Å². The number of furan rings is 2. The molecule has 8 aromatic rings. The summed E-state index contributed by atoms with van der Waals surface area (Å²) in [7, 11) is 0. The van der Waals surface area contributed by atoms with Crippen molar-refractivity contribution in [3.05, 3.63) is 115 Å². The Hall–Kier alpha value is -5.29. The Kier molecular flexibility index (Phi) is 2.43. The van der Waals surface area contributed by atoms with Gasteiger partial charge in [-0.05, 0) is 36.3 Å². The number of benzene rings is 5. The molecule has 0 atom stereocenters. The van der Waals surface area contributed by atoms with Gasteiger partial charge in [0.15, 0.2) is 17.5 Å². The molecule has 8 rings (SSSR count). The van der Waals surface area contributed by atoms with Crippen molar-refractivity contribution in [1.82, 2.24) is 15.0 Å². The lowest BCUT2D eigenvalue weighted by atomic mass is 10.1. The van der Waals surface area contributed by atoms with Crippen LogP contribution in [-0.2, 0) is 0 Å². The highest BCUT2D eigenvalue weighted by Gasteiger charge is 2.16. The Morgan fingerprint density at radius 3 is 1.42 bits per heavy atom. The molecule has 5 nitrogen and oxygen atoms in total. The van der Waals surface area contributed by atoms with Crippen LogP contribution in [0.2, 0.25) is 0 Å². The number of hydrogen-bond donors (Lipinski definition) is 0. The van der Waals surface area contributed by atoms with Gasteiger partial charge in [0.05, 0.1) is 19.2 Å². The molecule has 0 amide bonds. The fraction of sp³-hybridized carbons (Fsp3) is 0. The summed E-state index contributed by atoms with van der Waals surface area (Å²) < 4.78 is 131. The van der Waals surface area contributed by atoms with Crippen LogP contribution >= 0.6 is 0 Å². The Balaban J connectivity index is 1.47. The van der Waals surface area contributed by atoms with Gasteiger partial charge in [-0.2, -0.15) is 0 Å². The second kappa shape index (κ2) is 8.11. The van der Waals surface area contributed by atoms with E-state index >= 15 is 0 Å². The summed E-state index contributed by atoms with van der Waals surface area (Å²) in [6.07, 6.45) is 0. The summed E-state index contributed by atoms with van der Waals surface area (Å²) in [5.74, 6) is -0.752. The molecule has 0 saturated carbocycles. The van der Waals surface area contributed by atoms with Crippen LogP contribution in [0.4, 0.5) is 0 Å². The zero-order valence-electron chi connectivity index (χ0n) is 33.0. The highest BCUT2D eigenvalue weighted by molar-refractivity contribution is 6.06. The van der Waals surface area contributed by atoms with Crippen LogP contribution < -0.4 is 0 Å². The highest BCUT2D eigenvalue weighted by atomic mass is 16.3. The minimum absolute atomic E-state index is 0.0372. The maximum atomic E-state index is 9.11. The van der Waals surface area contributed by atoms with E-state index in [4.69, 9.17) is 28.0 Å². The molecule has 0 aliphatic heterocycles. The third-order valence-electron chi connectivity index (χ3n) is 5.89. The van der Waals surface area contributed by atoms with Crippen molar-refractivity contribution in [3.8, 4) is 34.2 Å². The summed E-state index contributed by atoms with van der Waals surface area (Å²) in [5, 5.41) is -0.683. The fourth-order valence-electron chi connectivity index (χ4n) is 4.13. The quantitative estimate of drug-likeness (QED) is 0.241. The first kappa shape index (κ1) is 11.4. The lowest BCUT2D eigenvalue weighted by Crippen LogP contribution is -2.00. The number of nitrogens with zero attached hydrogens (tertiary/aromatic N) is 3. The van der Waals surface area contributed by atoms with E-state index in [1.807, 2.05) is 0 Å². The topological polar surface area (TPSA) is 65.0 Å². The third kappa shape index (κ3) is 3.29. The lowest BCUT2D eigenvalue weighted by Gasteiger charge is -2.08. The molecule has 5 aromatic carbocycles. The normalized spacial score (nSPS) is 16.8. The summed E-state index contributed by atoms with van der Waals surface area (Å²) in [6.45, 7) is 0. The van der Waals surface area contributed by atoms with Gasteiger partial charge in [-0.25, -0.2) is 15.0 Å². The number of aromatic nitrogens is 3. The Morgan fingerprint density at radius 1 is 0.447 bits per heavy atom. The predicted molar refractivity (Wildman–Crippen MR) is 151 cm³/mol. The first-order valence-corrected chi connectivity index (χ1v) is 11.3. The number of fused-ring (bicyclic) bond motifs is 6. The summed E-state index contributed by atoms with van der Waals surface area (Å²) in [5.41, 5.74) is -1.51. The van der Waals surface area contributed by atoms with Crippen LogP contribution in [0.5, 0.6) is 0 Å². The van der Waals surface area contributed by atoms with Gasteiger partial charge in [0, 0.05) is 38.2 Å². The maximum Gasteiger partial charge on any atom is 0.164 e. The molecule has 5 heteroatoms. The van der Waals surface area contributed by atoms with Gasteiger partial charge in [-0.3, -0.25) is 0 Å². The maximum absolute atomic E-state index is 9.11. The van der Waals surface area contributed by atoms with Crippen LogP contribution in [0.1, 0.15) is 19.2 Å². The molecule has 0 radical (unpaired) electrons. The van der Waals surface area contributed by atoms with Crippen molar-refractivity contribution in [1.29, 1.82) is 0 Å². The second-order valence-electron chi connectivity index (χ2n) is 8.19. The molecule has 0 saturated heterocycles. The molecule has 0 fully saturated rings. The molecular formula is C33H19N3O2. The zero-order chi connectivity index (χ0) is 37.2. The molecular weight excluding hydrogens is 470 g/mol. The first-order valence-electron chi connectivity index (χ1n) is 18.3. The lowest BCUT2D eigenvalue weighted by molar-refractivity contribution is 0.668. The van der Waals surface area contributed by atoms with E-state index in [0.717, 1.165) is 0 Å². The average Bonchev–Trinajstić information content (AvgIpc) is 3.75. The monoisotopic (exact) mass is 503 g/mol. The SMILES string of the molecule is [2H]c1c([2H])c([2H])c2c(oc3c([2H])c(-c4nc(-c5ccccc5)nc(-c5c([2H])c([2H])c6c(oc7c([2H])c([2H])c([2H])c([2H])c76)c5[2H])n4)c([2H])c([2H])c32)c1[2H]. The predicted octanol–water partition coefficient (Wildman–Crippen LogP) is 8.67. The number of rotatable bonds is 3. The van der Waals surface area contributed by atoms with E-state index in [2.05, 4.69) is 15.0 Å². The van der Waals surface area contributed by atoms with Crippen molar-refractivity contribution in [2.75, 3.05) is 0 Å². The van der Waals surface area contributed by atoms with E-state index in [1.165, 1.54) is 0 Å². The number of para-hydroxylation sites is 2. The standard InChI is InChI=1S/C33H19N3O2/c1-2-8-20(9-3-1)31-34-32(21-14-16-25-23-10-4-6-12-27(23)37-29(25)18-21)36-33(35-31)22-15-17-26-24-11-5-7-13-28(24)38-30(26)19-22/h1-19H/i4D,5D,6D,7D,10D,11D,12D,13D,14D,15D,16D,17D,18D,19D. The molecule has 0 N–H and O–H groups in total. The van der Waals surface area contributed by atoms with E-state index in [-0.39, 0.29) is 72.5 Å². The van der Waals surface area contributed by atoms with Gasteiger partial charge in [-0.15, -0.1) is 0 Å². The molecule has 0 aliphatic carbocycles. The highest BCUT2D eigenvalue weighted by Crippen LogP contribution is 2.34. The summed E-state index contributed by atoms with van der Waals surface area (Å²) in [6, 6.07) is 0.748. The van der Waals surface area contributed by atoms with Crippen molar-refractivity contribution in [2.45, 2.75) is 0 Å². The first-order chi connectivity index (χ1) is 24.6. The van der Waals surface area contributed by atoms with Gasteiger partial charge in [0.1, 0.15) is 22.3 Å². The molecule has 0 spiro atoms. The van der Waals surface area contributed by atoms with Gasteiger partial charge in [0.2, 0.25) is 0 Å². The largest absolute Gasteiger partial charge is 0.456 e. The smallest absolute Gasteiger partial charge is 0.164 e. The number of hydrogen-bond acceptors (Lipinski definition) is 5. The van der Waals surface area contributed by atoms with Crippen LogP contribution in [-0.4, -0.2) is 15.0 Å². The van der Waals surface area contributed by atoms with Crippen LogP contribution in [0.3, 0.4) is 0 Å². The van der Waals surface area contributed by atoms with E-state index in [0.29, 0.717) is 5.56 Å². The van der Waals surface area contributed by atoms with E-state index in [1.54, 1.807) is 30.3 Å². The van der Waals surface area contributed by atoms with Gasteiger partial charge >= 0.3 is 0 Å². The van der Waals surface area contributed by atoms with E-state index < -0.39 is 84.6 Å². The van der Waals surface area contributed by atoms with Crippen molar-refractivity contribution >= 4 is 43.9 Å². The molecule has 178 valence electrons. The second-order valence-corrected chi connectivity index (χ2v) is 8.19. The third-order valence-corrected chi connectivity index (χ3v) is 5.89. The molecule has 0 bridgehead atoms. The minimum atomic E-state index is -0.585. The summed E-state index contributed by atoms with van der Waals surface area (Å²) in [4.78, 5) is 13.5. The molecule has 38 heavy (non-hydrogen) atoms. The van der Waals surface area contributed by atoms with Crippen molar-refractivity contribution < 1.29 is 28.0 Å². The minimum Gasteiger partial charge on any atom is -0.456 e. The Labute approximate surface area is 236 Å². The zero-order valence-corrected chi connectivity index (χ0v) is 19.0. The fourth-order valence-corrected chi connectivity index (χ4v) is 4.13. The van der Waals surface area contributed by atoms with Crippen LogP contribution in [0, 0.1) is 0 Å². The molecule has 0 aliphatic rings. The molecule has 3 aromatic heterocycles. The van der Waals surface area contributed by atoms with Crippen LogP contribution in [0.25, 0.3) is 78.0 Å². The van der Waals surface area contributed by atoms with Gasteiger partial charge in [0.25, 0.3) is 0 Å². The van der Waals surface area contributed by atoms with Crippen molar-refractivity contribution in [2.24, 2.45) is 0 Å². The average molecular weight is 504 g/mol. The van der Waals surface area contributed by atoms with Gasteiger partial charge < -0.3 is 8.83 Å². The Morgan fingerprint density at radius 2 is 0.895 bits per heavy atom. The summed E-state index contributed by atoms with van der Waals surface area (Å²) >= 11 is 0.